The average Bonchev–Trinajstić information content (AvgIpc) is 3.33. The third-order valence-corrected chi connectivity index (χ3v) is 5.64. The summed E-state index contributed by atoms with van der Waals surface area (Å²) >= 11 is 0. The van der Waals surface area contributed by atoms with Crippen molar-refractivity contribution in [2.45, 2.75) is 64.0 Å². The van der Waals surface area contributed by atoms with E-state index in [9.17, 15) is 4.79 Å². The summed E-state index contributed by atoms with van der Waals surface area (Å²) in [6.07, 6.45) is 4.38. The van der Waals surface area contributed by atoms with E-state index < -0.39 is 0 Å². The lowest BCUT2D eigenvalue weighted by Gasteiger charge is -2.31. The van der Waals surface area contributed by atoms with E-state index in [1.165, 1.54) is 11.1 Å². The Bertz CT molecular complexity index is 777. The maximum Gasteiger partial charge on any atom is 0.290 e. The lowest BCUT2D eigenvalue weighted by atomic mass is 9.94. The van der Waals surface area contributed by atoms with Crippen molar-refractivity contribution < 1.29 is 9.32 Å². The normalized spacial score (nSPS) is 20.8. The molecule has 144 valence electrons. The Hall–Kier alpha value is -2.14. The standard InChI is InChI=1S/C22H29N3O2/c1-15(2)17-7-5-16(6-8-17)13-25-11-3-4-18(14-25)20-12-21(27-24-20)22(26)23-19-9-10-19/h5-8,12,15,18-19H,3-4,9-11,13-14H2,1-2H3,(H,23,26)/t18-/m1/s1. The molecule has 2 aliphatic rings. The minimum atomic E-state index is -0.130. The Kier molecular flexibility index (Phi) is 5.30. The Morgan fingerprint density at radius 1 is 1.26 bits per heavy atom. The van der Waals surface area contributed by atoms with Crippen molar-refractivity contribution in [1.29, 1.82) is 0 Å². The summed E-state index contributed by atoms with van der Waals surface area (Å²) in [5.41, 5.74) is 3.65. The van der Waals surface area contributed by atoms with Gasteiger partial charge in [0.15, 0.2) is 0 Å². The number of hydrogen-bond donors (Lipinski definition) is 1. The van der Waals surface area contributed by atoms with Gasteiger partial charge < -0.3 is 9.84 Å². The number of nitrogens with zero attached hydrogens (tertiary/aromatic N) is 2. The fourth-order valence-corrected chi connectivity index (χ4v) is 3.78. The van der Waals surface area contributed by atoms with Gasteiger partial charge in [0.2, 0.25) is 5.76 Å². The molecule has 1 N–H and O–H groups in total. The first kappa shape index (κ1) is 18.2. The van der Waals surface area contributed by atoms with Crippen LogP contribution in [0.5, 0.6) is 0 Å². The average molecular weight is 367 g/mol. The number of likely N-dealkylation sites (tertiary alicyclic amines) is 1. The van der Waals surface area contributed by atoms with Crippen LogP contribution in [-0.4, -0.2) is 35.1 Å². The van der Waals surface area contributed by atoms with E-state index in [4.69, 9.17) is 4.52 Å². The molecule has 1 aliphatic carbocycles. The van der Waals surface area contributed by atoms with Crippen molar-refractivity contribution in [1.82, 2.24) is 15.4 Å². The molecule has 1 aromatic carbocycles. The zero-order valence-electron chi connectivity index (χ0n) is 16.3. The maximum absolute atomic E-state index is 12.1. The van der Waals surface area contributed by atoms with Crippen LogP contribution in [0.4, 0.5) is 0 Å². The highest BCUT2D eigenvalue weighted by Gasteiger charge is 2.28. The number of amides is 1. The van der Waals surface area contributed by atoms with Crippen LogP contribution < -0.4 is 5.32 Å². The summed E-state index contributed by atoms with van der Waals surface area (Å²) in [5, 5.41) is 7.16. The Labute approximate surface area is 161 Å². The molecule has 5 nitrogen and oxygen atoms in total. The molecule has 1 atom stereocenters. The number of aromatic nitrogens is 1. The number of carbonyl (C=O) groups is 1. The molecule has 0 unspecified atom stereocenters. The Morgan fingerprint density at radius 3 is 2.74 bits per heavy atom. The molecule has 1 saturated heterocycles. The maximum atomic E-state index is 12.1. The van der Waals surface area contributed by atoms with Crippen LogP contribution in [0.3, 0.4) is 0 Å². The summed E-state index contributed by atoms with van der Waals surface area (Å²) < 4.78 is 5.32. The molecule has 1 aliphatic heterocycles. The minimum absolute atomic E-state index is 0.130. The molecule has 2 fully saturated rings. The molecule has 1 saturated carbocycles. The van der Waals surface area contributed by atoms with Crippen molar-refractivity contribution in [3.05, 3.63) is 52.9 Å². The van der Waals surface area contributed by atoms with Gasteiger partial charge in [-0.1, -0.05) is 43.3 Å². The first-order valence-corrected chi connectivity index (χ1v) is 10.2. The van der Waals surface area contributed by atoms with Gasteiger partial charge in [-0.05, 0) is 49.3 Å². The summed E-state index contributed by atoms with van der Waals surface area (Å²) in [6.45, 7) is 7.47. The first-order valence-electron chi connectivity index (χ1n) is 10.2. The Morgan fingerprint density at radius 2 is 2.04 bits per heavy atom. The van der Waals surface area contributed by atoms with E-state index >= 15 is 0 Å². The van der Waals surface area contributed by atoms with E-state index in [2.05, 4.69) is 53.5 Å². The molecule has 4 rings (SSSR count). The zero-order chi connectivity index (χ0) is 18.8. The van der Waals surface area contributed by atoms with E-state index in [0.29, 0.717) is 23.6 Å². The van der Waals surface area contributed by atoms with Crippen LogP contribution in [0.15, 0.2) is 34.9 Å². The summed E-state index contributed by atoms with van der Waals surface area (Å²) in [7, 11) is 0. The zero-order valence-corrected chi connectivity index (χ0v) is 16.3. The van der Waals surface area contributed by atoms with Gasteiger partial charge in [-0.3, -0.25) is 9.69 Å². The number of benzene rings is 1. The lowest BCUT2D eigenvalue weighted by Crippen LogP contribution is -2.34. The second-order valence-corrected chi connectivity index (χ2v) is 8.33. The van der Waals surface area contributed by atoms with Gasteiger partial charge in [0.25, 0.3) is 5.91 Å². The van der Waals surface area contributed by atoms with Gasteiger partial charge >= 0.3 is 0 Å². The highest BCUT2D eigenvalue weighted by atomic mass is 16.5. The SMILES string of the molecule is CC(C)c1ccc(CN2CCC[C@@H](c3cc(C(=O)NC4CC4)on3)C2)cc1. The minimum Gasteiger partial charge on any atom is -0.351 e. The lowest BCUT2D eigenvalue weighted by molar-refractivity contribution is 0.0914. The van der Waals surface area contributed by atoms with Crippen LogP contribution in [-0.2, 0) is 6.54 Å². The molecular weight excluding hydrogens is 338 g/mol. The van der Waals surface area contributed by atoms with Crippen LogP contribution in [0, 0.1) is 0 Å². The van der Waals surface area contributed by atoms with Crippen LogP contribution >= 0.6 is 0 Å². The van der Waals surface area contributed by atoms with E-state index in [-0.39, 0.29) is 5.91 Å². The molecule has 2 aromatic rings. The predicted molar refractivity (Wildman–Crippen MR) is 105 cm³/mol. The van der Waals surface area contributed by atoms with Crippen LogP contribution in [0.25, 0.3) is 0 Å². The molecule has 0 bridgehead atoms. The molecule has 5 heteroatoms. The van der Waals surface area contributed by atoms with Gasteiger partial charge in [0.1, 0.15) is 0 Å². The molecule has 1 aromatic heterocycles. The molecule has 1 amide bonds. The smallest absolute Gasteiger partial charge is 0.290 e. The quantitative estimate of drug-likeness (QED) is 0.836. The fraction of sp³-hybridized carbons (Fsp3) is 0.545. The highest BCUT2D eigenvalue weighted by Crippen LogP contribution is 2.28. The largest absolute Gasteiger partial charge is 0.351 e. The van der Waals surface area contributed by atoms with E-state index in [0.717, 1.165) is 51.0 Å². The van der Waals surface area contributed by atoms with Crippen molar-refractivity contribution >= 4 is 5.91 Å². The molecule has 0 radical (unpaired) electrons. The molecule has 27 heavy (non-hydrogen) atoms. The van der Waals surface area contributed by atoms with Crippen molar-refractivity contribution in [3.8, 4) is 0 Å². The topological polar surface area (TPSA) is 58.4 Å². The number of rotatable bonds is 6. The highest BCUT2D eigenvalue weighted by molar-refractivity contribution is 5.91. The fourth-order valence-electron chi connectivity index (χ4n) is 3.78. The van der Waals surface area contributed by atoms with Gasteiger partial charge in [-0.25, -0.2) is 0 Å². The van der Waals surface area contributed by atoms with Gasteiger partial charge in [-0.2, -0.15) is 0 Å². The third kappa shape index (κ3) is 4.59. The van der Waals surface area contributed by atoms with Crippen molar-refractivity contribution in [2.75, 3.05) is 13.1 Å². The predicted octanol–water partition coefficient (Wildman–Crippen LogP) is 4.07. The Balaban J connectivity index is 1.36. The molecular formula is C22H29N3O2. The molecule has 0 spiro atoms. The molecule has 2 heterocycles. The number of piperidine rings is 1. The monoisotopic (exact) mass is 367 g/mol. The van der Waals surface area contributed by atoms with Crippen LogP contribution in [0.2, 0.25) is 0 Å². The third-order valence-electron chi connectivity index (χ3n) is 5.64. The second-order valence-electron chi connectivity index (χ2n) is 8.33. The first-order chi connectivity index (χ1) is 13.1. The van der Waals surface area contributed by atoms with Crippen LogP contribution in [0.1, 0.15) is 78.7 Å². The number of carbonyl (C=O) groups excluding carboxylic acids is 1. The summed E-state index contributed by atoms with van der Waals surface area (Å²) in [6, 6.07) is 11.1. The second kappa shape index (κ2) is 7.85. The van der Waals surface area contributed by atoms with Crippen molar-refractivity contribution in [3.63, 3.8) is 0 Å². The van der Waals surface area contributed by atoms with Gasteiger partial charge in [-0.15, -0.1) is 0 Å². The summed E-state index contributed by atoms with van der Waals surface area (Å²) in [4.78, 5) is 14.6. The van der Waals surface area contributed by atoms with Crippen molar-refractivity contribution in [2.24, 2.45) is 0 Å². The van der Waals surface area contributed by atoms with E-state index in [1.807, 2.05) is 6.07 Å². The summed E-state index contributed by atoms with van der Waals surface area (Å²) in [5.74, 6) is 1.12. The van der Waals surface area contributed by atoms with Gasteiger partial charge in [0.05, 0.1) is 5.69 Å². The number of hydrogen-bond acceptors (Lipinski definition) is 4. The van der Waals surface area contributed by atoms with E-state index in [1.54, 1.807) is 0 Å². The number of nitrogens with one attached hydrogen (secondary N) is 1. The van der Waals surface area contributed by atoms with Gasteiger partial charge in [0, 0.05) is 31.1 Å².